The highest BCUT2D eigenvalue weighted by atomic mass is 16.7. The second kappa shape index (κ2) is 32.2. The van der Waals surface area contributed by atoms with Crippen LogP contribution in [-0.2, 0) is 87.1 Å². The monoisotopic (exact) mass is 1590 g/mol. The molecule has 7 heterocycles. The number of aliphatic hydroxyl groups is 2. The standard InChI is InChI=1S/C22H26N2O2.C22H22N2O.C21H22N2O2.C20H22N2O.C15H22O4/c1-15-18-9-8-17-14-23-20(16-6-4-3-5-7-16)24-19(17)21(18,2)10-11-22(15)25-12-13-26-22;1-14-18-9-8-17-13-23-21(15-6-4-3-5-7-15)24-20(17)22(18,2)12-16-10-11-25-19(14)16;1-13-17-9-8-15-11-22-20(14-6-4-3-5-7-14)23-19(15)21(17,2)10-16(12-24)18(13)25;1-13-16-9-8-15-12-21-19(14-6-4-3-5-7-14)22-18(15)20(16,2)11-10-17(13)23;1-10-12-4-3-11(9-16)13(17)14(12,2)5-6-15(10)18-7-8-19-15/h3-7,14-15,18H,8-13H2,1-2H3;3-7,10-11,13-14,18H,8-9,12H2,1-2H3;3-7,11-13,17,24H,8-10H2,1-2H3;3-7,12-13,16H,8-11H2,1-2H3;9-10,12,16H,3-8H2,1-2H3/b;;16-12-;;11-9+/t15-,18-,21-;14-,18-,22-;13-,17-,21-;13-,16-,20-;10-,12-,14-/m00000/s1. The number of allylic oxidation sites excluding steroid dienone is 2. The molecule has 0 radical (unpaired) electrons. The van der Waals surface area contributed by atoms with Gasteiger partial charge in [0.1, 0.15) is 11.5 Å². The molecular formula is C100H114N8O10. The number of benzene rings is 4. The van der Waals surface area contributed by atoms with E-state index < -0.39 is 5.79 Å². The van der Waals surface area contributed by atoms with Gasteiger partial charge in [-0.05, 0) is 160 Å². The summed E-state index contributed by atoms with van der Waals surface area (Å²) < 4.78 is 29.8. The maximum Gasteiger partial charge on any atom is 0.171 e. The summed E-state index contributed by atoms with van der Waals surface area (Å²) in [6.45, 7) is 25.0. The molecule has 4 aromatic carbocycles. The van der Waals surface area contributed by atoms with E-state index in [1.165, 1.54) is 51.5 Å². The molecule has 12 aliphatic rings. The maximum absolute atomic E-state index is 12.6. The summed E-state index contributed by atoms with van der Waals surface area (Å²) in [5.41, 5.74) is 16.0. The second-order valence-corrected chi connectivity index (χ2v) is 37.1. The predicted molar refractivity (Wildman–Crippen MR) is 453 cm³/mol. The van der Waals surface area contributed by atoms with Crippen LogP contribution in [0.1, 0.15) is 215 Å². The highest BCUT2D eigenvalue weighted by Gasteiger charge is 2.61. The normalized spacial score (nSPS) is 32.1. The number of Topliss-reactive ketones (excluding diaryl/α,β-unsaturated/α-hetero) is 3. The number of carbonyl (C=O) groups excluding carboxylic acids is 3. The molecule has 2 N–H and O–H groups in total. The molecule has 18 nitrogen and oxygen atoms in total. The lowest BCUT2D eigenvalue weighted by Crippen LogP contribution is -2.56. The first kappa shape index (κ1) is 80.8. The number of furan rings is 1. The Morgan fingerprint density at radius 1 is 0.364 bits per heavy atom. The fraction of sp³-hybridized carbons (Fsp3) is 0.490. The average Bonchev–Trinajstić information content (AvgIpc) is 1.10. The Hall–Kier alpha value is -9.59. The van der Waals surface area contributed by atoms with Crippen molar-refractivity contribution in [2.75, 3.05) is 26.4 Å². The highest BCUT2D eigenvalue weighted by Crippen LogP contribution is 2.61. The third kappa shape index (κ3) is 14.1. The topological polar surface area (TPSA) is 245 Å². The average molecular weight is 1590 g/mol. The van der Waals surface area contributed by atoms with E-state index in [0.717, 1.165) is 172 Å². The molecule has 21 rings (SSSR count). The van der Waals surface area contributed by atoms with Gasteiger partial charge in [-0.2, -0.15) is 0 Å². The number of nitrogens with zero attached hydrogens (tertiary/aromatic N) is 8. The number of carbonyl (C=O) groups is 3. The number of aryl methyl sites for hydroxylation is 4. The van der Waals surface area contributed by atoms with Crippen LogP contribution < -0.4 is 0 Å². The van der Waals surface area contributed by atoms with Crippen molar-refractivity contribution in [1.82, 2.24) is 39.9 Å². The van der Waals surface area contributed by atoms with Crippen LogP contribution in [0.3, 0.4) is 0 Å². The third-order valence-electron chi connectivity index (χ3n) is 31.0. The lowest BCUT2D eigenvalue weighted by molar-refractivity contribution is -0.241. The Kier molecular flexibility index (Phi) is 22.0. The van der Waals surface area contributed by atoms with E-state index in [0.29, 0.717) is 79.0 Å². The molecule has 2 spiro atoms. The molecule has 18 heteroatoms. The van der Waals surface area contributed by atoms with Gasteiger partial charge in [0, 0.05) is 134 Å². The quantitative estimate of drug-likeness (QED) is 0.123. The number of hydrogen-bond donors (Lipinski definition) is 2. The van der Waals surface area contributed by atoms with Crippen LogP contribution in [0.4, 0.5) is 0 Å². The summed E-state index contributed by atoms with van der Waals surface area (Å²) in [6, 6.07) is 42.8. The summed E-state index contributed by atoms with van der Waals surface area (Å²) in [7, 11) is 0. The molecule has 5 aromatic heterocycles. The summed E-state index contributed by atoms with van der Waals surface area (Å²) in [5.74, 6) is 7.29. The number of ketones is 3. The van der Waals surface area contributed by atoms with Crippen molar-refractivity contribution in [3.05, 3.63) is 238 Å². The summed E-state index contributed by atoms with van der Waals surface area (Å²) in [4.78, 5) is 75.8. The highest BCUT2D eigenvalue weighted by molar-refractivity contribution is 6.00. The van der Waals surface area contributed by atoms with E-state index in [4.69, 9.17) is 43.3 Å². The van der Waals surface area contributed by atoms with Crippen molar-refractivity contribution in [3.8, 4) is 45.6 Å². The zero-order chi connectivity index (χ0) is 82.1. The molecule has 0 unspecified atom stereocenters. The summed E-state index contributed by atoms with van der Waals surface area (Å²) in [6.07, 6.45) is 28.6. The first-order valence-corrected chi connectivity index (χ1v) is 43.5. The second-order valence-electron chi connectivity index (χ2n) is 37.1. The largest absolute Gasteiger partial charge is 0.515 e. The smallest absolute Gasteiger partial charge is 0.171 e. The molecule has 0 amide bonds. The molecule has 9 aromatic rings. The molecule has 118 heavy (non-hydrogen) atoms. The van der Waals surface area contributed by atoms with Crippen molar-refractivity contribution in [3.63, 3.8) is 0 Å². The summed E-state index contributed by atoms with van der Waals surface area (Å²) >= 11 is 0. The van der Waals surface area contributed by atoms with Crippen LogP contribution in [0.2, 0.25) is 0 Å². The van der Waals surface area contributed by atoms with Gasteiger partial charge in [0.05, 0.1) is 68.0 Å². The van der Waals surface area contributed by atoms with Crippen molar-refractivity contribution < 1.29 is 48.0 Å². The Balaban J connectivity index is 0.000000106. The fourth-order valence-corrected chi connectivity index (χ4v) is 24.3. The Bertz CT molecular complexity index is 5280. The van der Waals surface area contributed by atoms with Crippen LogP contribution in [0.15, 0.2) is 187 Å². The van der Waals surface area contributed by atoms with E-state index in [-0.39, 0.29) is 74.0 Å². The van der Waals surface area contributed by atoms with Gasteiger partial charge in [-0.15, -0.1) is 0 Å². The van der Waals surface area contributed by atoms with Crippen LogP contribution >= 0.6 is 0 Å². The van der Waals surface area contributed by atoms with E-state index in [2.05, 4.69) is 130 Å². The Labute approximate surface area is 694 Å². The van der Waals surface area contributed by atoms with E-state index in [1.54, 1.807) is 0 Å². The van der Waals surface area contributed by atoms with Gasteiger partial charge in [-0.3, -0.25) is 14.4 Å². The van der Waals surface area contributed by atoms with Crippen molar-refractivity contribution >= 4 is 17.3 Å². The fourth-order valence-electron chi connectivity index (χ4n) is 24.3. The Morgan fingerprint density at radius 3 is 1.14 bits per heavy atom. The molecule has 15 atom stereocenters. The number of rotatable bonds is 4. The lowest BCUT2D eigenvalue weighted by atomic mass is 9.54. The van der Waals surface area contributed by atoms with Crippen molar-refractivity contribution in [2.45, 2.75) is 224 Å². The van der Waals surface area contributed by atoms with Crippen LogP contribution in [0.25, 0.3) is 45.6 Å². The molecule has 2 aliphatic heterocycles. The van der Waals surface area contributed by atoms with Crippen LogP contribution in [0, 0.1) is 58.7 Å². The van der Waals surface area contributed by atoms with Gasteiger partial charge in [0.2, 0.25) is 0 Å². The zero-order valence-corrected chi connectivity index (χ0v) is 70.2. The number of fused-ring (bicyclic) bond motifs is 14. The SMILES string of the molecule is C[C@@H]1C(=O)/C(=C\O)C[C@]2(C)c3nc(-c4ccccc4)ncc3CC[C@@H]12.C[C@@H]1C(=O)CC[C@]2(C)c3nc(-c4ccccc4)ncc3CC[C@@H]12.C[C@@H]1c2occc2C[C@]2(C)c3nc(-c4ccccc4)ncc3CC[C@@H]12.C[C@H]1[C@@H]2CC/C(=C\O)C(=O)[C@@]2(C)CCC12OCCO2.C[C@H]1[C@@H]2CCc3cnc(-c4ccccc4)nc3[C@@]2(C)CCC12OCCO2. The van der Waals surface area contributed by atoms with E-state index in [1.807, 2.05) is 117 Å². The minimum atomic E-state index is -0.467. The van der Waals surface area contributed by atoms with Gasteiger partial charge in [0.15, 0.2) is 46.4 Å². The van der Waals surface area contributed by atoms with Crippen molar-refractivity contribution in [1.29, 1.82) is 0 Å². The van der Waals surface area contributed by atoms with E-state index >= 15 is 0 Å². The summed E-state index contributed by atoms with van der Waals surface area (Å²) in [5, 5.41) is 18.8. The van der Waals surface area contributed by atoms with Gasteiger partial charge >= 0.3 is 0 Å². The van der Waals surface area contributed by atoms with Crippen molar-refractivity contribution in [2.24, 2.45) is 58.7 Å². The predicted octanol–water partition coefficient (Wildman–Crippen LogP) is 19.6. The molecule has 0 bridgehead atoms. The van der Waals surface area contributed by atoms with Gasteiger partial charge in [-0.25, -0.2) is 39.9 Å². The minimum absolute atomic E-state index is 0.00732. The Morgan fingerprint density at radius 2 is 0.720 bits per heavy atom. The number of aliphatic hydroxyl groups excluding tert-OH is 2. The number of ether oxygens (including phenoxy) is 4. The number of hydrogen-bond acceptors (Lipinski definition) is 18. The van der Waals surface area contributed by atoms with Crippen LogP contribution in [0.5, 0.6) is 0 Å². The molecule has 2 saturated heterocycles. The first-order chi connectivity index (χ1) is 57.0. The zero-order valence-electron chi connectivity index (χ0n) is 70.2. The molecule has 7 fully saturated rings. The van der Waals surface area contributed by atoms with Gasteiger partial charge in [-0.1, -0.05) is 191 Å². The molecule has 10 aliphatic carbocycles. The van der Waals surface area contributed by atoms with Gasteiger partial charge in [0.25, 0.3) is 0 Å². The minimum Gasteiger partial charge on any atom is -0.515 e. The van der Waals surface area contributed by atoms with Gasteiger partial charge < -0.3 is 33.6 Å². The molecular weight excluding hydrogens is 1470 g/mol. The first-order valence-electron chi connectivity index (χ1n) is 43.5. The molecule has 614 valence electrons. The van der Waals surface area contributed by atoms with E-state index in [9.17, 15) is 24.6 Å². The maximum atomic E-state index is 12.6. The third-order valence-corrected chi connectivity index (χ3v) is 31.0. The number of aromatic nitrogens is 8. The van der Waals surface area contributed by atoms with Crippen LogP contribution in [-0.4, -0.2) is 105 Å². The lowest BCUT2D eigenvalue weighted by Gasteiger charge is -2.54. The molecule has 5 saturated carbocycles.